The summed E-state index contributed by atoms with van der Waals surface area (Å²) < 4.78 is 0. The summed E-state index contributed by atoms with van der Waals surface area (Å²) in [4.78, 5) is 16.1. The Morgan fingerprint density at radius 2 is 2.19 bits per heavy atom. The Hall–Kier alpha value is -1.81. The lowest BCUT2D eigenvalue weighted by atomic mass is 10.1. The van der Waals surface area contributed by atoms with Crippen molar-refractivity contribution in [3.8, 4) is 0 Å². The summed E-state index contributed by atoms with van der Waals surface area (Å²) in [5.74, 6) is 0.150. The van der Waals surface area contributed by atoms with Crippen LogP contribution < -0.4 is 5.32 Å². The van der Waals surface area contributed by atoms with Crippen LogP contribution in [0.25, 0.3) is 0 Å². The molecule has 0 spiro atoms. The van der Waals surface area contributed by atoms with E-state index in [-0.39, 0.29) is 5.91 Å². The fourth-order valence-electron chi connectivity index (χ4n) is 2.57. The lowest BCUT2D eigenvalue weighted by Gasteiger charge is -2.22. The molecule has 3 nitrogen and oxygen atoms in total. The van der Waals surface area contributed by atoms with E-state index < -0.39 is 0 Å². The van der Waals surface area contributed by atoms with E-state index in [0.717, 1.165) is 36.2 Å². The van der Waals surface area contributed by atoms with Gasteiger partial charge >= 0.3 is 0 Å². The minimum Gasteiger partial charge on any atom is -0.388 e. The first-order valence-electron chi connectivity index (χ1n) is 7.31. The molecule has 1 aliphatic carbocycles. The van der Waals surface area contributed by atoms with Crippen molar-refractivity contribution in [1.82, 2.24) is 4.90 Å². The normalized spacial score (nSPS) is 14.0. The largest absolute Gasteiger partial charge is 0.388 e. The lowest BCUT2D eigenvalue weighted by Crippen LogP contribution is -2.32. The van der Waals surface area contributed by atoms with Gasteiger partial charge in [0.15, 0.2) is 0 Å². The molecular weight excluding hydrogens is 280 g/mol. The standard InChI is InChI=1S/C17H20N2OS/c1-12-10-13(5-8-16(12)18-2)17(20)19(14-6-7-14)11-15-4-3-9-21-15/h3-5,8-10,14,18H,6-7,11H2,1-2H3. The molecular formula is C17H20N2OS. The first kappa shape index (κ1) is 14.1. The molecule has 1 saturated carbocycles. The van der Waals surface area contributed by atoms with Crippen molar-refractivity contribution in [3.05, 3.63) is 51.7 Å². The van der Waals surface area contributed by atoms with Crippen LogP contribution in [0.3, 0.4) is 0 Å². The van der Waals surface area contributed by atoms with Crippen LogP contribution in [0.5, 0.6) is 0 Å². The number of carbonyl (C=O) groups excluding carboxylic acids is 1. The number of hydrogen-bond acceptors (Lipinski definition) is 3. The smallest absolute Gasteiger partial charge is 0.254 e. The molecule has 1 aromatic carbocycles. The van der Waals surface area contributed by atoms with Crippen LogP contribution in [0.1, 0.15) is 33.6 Å². The molecule has 1 heterocycles. The number of amides is 1. The van der Waals surface area contributed by atoms with Gasteiger partial charge in [0.25, 0.3) is 5.91 Å². The van der Waals surface area contributed by atoms with E-state index in [9.17, 15) is 4.79 Å². The zero-order valence-electron chi connectivity index (χ0n) is 12.4. The molecule has 0 saturated heterocycles. The molecule has 110 valence electrons. The maximum atomic E-state index is 12.8. The van der Waals surface area contributed by atoms with E-state index in [1.165, 1.54) is 4.88 Å². The number of benzene rings is 1. The molecule has 1 N–H and O–H groups in total. The van der Waals surface area contributed by atoms with Gasteiger partial charge in [-0.1, -0.05) is 6.07 Å². The van der Waals surface area contributed by atoms with E-state index >= 15 is 0 Å². The quantitative estimate of drug-likeness (QED) is 0.908. The van der Waals surface area contributed by atoms with Gasteiger partial charge in [-0.15, -0.1) is 11.3 Å². The van der Waals surface area contributed by atoms with E-state index in [2.05, 4.69) is 16.8 Å². The molecule has 0 atom stereocenters. The topological polar surface area (TPSA) is 32.3 Å². The van der Waals surface area contributed by atoms with Crippen molar-refractivity contribution in [2.45, 2.75) is 32.4 Å². The van der Waals surface area contributed by atoms with Crippen molar-refractivity contribution < 1.29 is 4.79 Å². The summed E-state index contributed by atoms with van der Waals surface area (Å²) in [5, 5.41) is 5.21. The third kappa shape index (κ3) is 3.10. The molecule has 1 aliphatic rings. The molecule has 2 aromatic rings. The van der Waals surface area contributed by atoms with Crippen molar-refractivity contribution >= 4 is 22.9 Å². The zero-order valence-corrected chi connectivity index (χ0v) is 13.2. The highest BCUT2D eigenvalue weighted by Gasteiger charge is 2.33. The number of carbonyl (C=O) groups is 1. The van der Waals surface area contributed by atoms with Gasteiger partial charge in [-0.25, -0.2) is 0 Å². The van der Waals surface area contributed by atoms with Crippen molar-refractivity contribution in [2.24, 2.45) is 0 Å². The molecule has 3 rings (SSSR count). The van der Waals surface area contributed by atoms with Crippen LogP contribution in [-0.2, 0) is 6.54 Å². The van der Waals surface area contributed by atoms with Gasteiger partial charge in [0, 0.05) is 29.2 Å². The maximum Gasteiger partial charge on any atom is 0.254 e. The second kappa shape index (κ2) is 5.90. The summed E-state index contributed by atoms with van der Waals surface area (Å²) in [5.41, 5.74) is 2.97. The minimum atomic E-state index is 0.150. The number of nitrogens with one attached hydrogen (secondary N) is 1. The van der Waals surface area contributed by atoms with Gasteiger partial charge in [0.05, 0.1) is 6.54 Å². The first-order valence-corrected chi connectivity index (χ1v) is 8.19. The average molecular weight is 300 g/mol. The van der Waals surface area contributed by atoms with Crippen molar-refractivity contribution in [3.63, 3.8) is 0 Å². The number of anilines is 1. The van der Waals surface area contributed by atoms with Crippen LogP contribution in [-0.4, -0.2) is 23.9 Å². The second-order valence-electron chi connectivity index (χ2n) is 5.52. The third-order valence-corrected chi connectivity index (χ3v) is 4.76. The average Bonchev–Trinajstić information content (AvgIpc) is 3.20. The Bertz CT molecular complexity index is 632. The highest BCUT2D eigenvalue weighted by atomic mass is 32.1. The molecule has 1 fully saturated rings. The Balaban J connectivity index is 1.82. The number of rotatable bonds is 5. The van der Waals surface area contributed by atoms with Crippen LogP contribution >= 0.6 is 11.3 Å². The zero-order chi connectivity index (χ0) is 14.8. The van der Waals surface area contributed by atoms with Gasteiger partial charge in [-0.05, 0) is 55.0 Å². The third-order valence-electron chi connectivity index (χ3n) is 3.90. The molecule has 4 heteroatoms. The summed E-state index contributed by atoms with van der Waals surface area (Å²) in [6, 6.07) is 10.5. The SMILES string of the molecule is CNc1ccc(C(=O)N(Cc2cccs2)C2CC2)cc1C. The fraction of sp³-hybridized carbons (Fsp3) is 0.353. The highest BCUT2D eigenvalue weighted by molar-refractivity contribution is 7.09. The number of aryl methyl sites for hydroxylation is 1. The summed E-state index contributed by atoms with van der Waals surface area (Å²) >= 11 is 1.71. The molecule has 1 amide bonds. The van der Waals surface area contributed by atoms with Crippen LogP contribution in [0.2, 0.25) is 0 Å². The summed E-state index contributed by atoms with van der Waals surface area (Å²) in [6.07, 6.45) is 2.26. The molecule has 21 heavy (non-hydrogen) atoms. The van der Waals surface area contributed by atoms with E-state index in [1.807, 2.05) is 43.1 Å². The Labute approximate surface area is 129 Å². The van der Waals surface area contributed by atoms with Gasteiger partial charge < -0.3 is 10.2 Å². The number of thiophene rings is 1. The Morgan fingerprint density at radius 1 is 1.38 bits per heavy atom. The number of nitrogens with zero attached hydrogens (tertiary/aromatic N) is 1. The predicted octanol–water partition coefficient (Wildman–Crippen LogP) is 3.90. The van der Waals surface area contributed by atoms with E-state index in [1.54, 1.807) is 11.3 Å². The Kier molecular flexibility index (Phi) is 3.97. The van der Waals surface area contributed by atoms with Gasteiger partial charge in [-0.2, -0.15) is 0 Å². The van der Waals surface area contributed by atoms with Gasteiger partial charge in [0.1, 0.15) is 0 Å². The molecule has 1 aromatic heterocycles. The highest BCUT2D eigenvalue weighted by Crippen LogP contribution is 2.31. The van der Waals surface area contributed by atoms with Gasteiger partial charge in [0.2, 0.25) is 0 Å². The number of hydrogen-bond donors (Lipinski definition) is 1. The monoisotopic (exact) mass is 300 g/mol. The molecule has 0 radical (unpaired) electrons. The lowest BCUT2D eigenvalue weighted by molar-refractivity contribution is 0.0731. The predicted molar refractivity (Wildman–Crippen MR) is 87.9 cm³/mol. The molecule has 0 aliphatic heterocycles. The maximum absolute atomic E-state index is 12.8. The van der Waals surface area contributed by atoms with Crippen LogP contribution in [0.4, 0.5) is 5.69 Å². The summed E-state index contributed by atoms with van der Waals surface area (Å²) in [7, 11) is 1.90. The van der Waals surface area contributed by atoms with Crippen LogP contribution in [0.15, 0.2) is 35.7 Å². The van der Waals surface area contributed by atoms with Crippen molar-refractivity contribution in [1.29, 1.82) is 0 Å². The van der Waals surface area contributed by atoms with Crippen LogP contribution in [0, 0.1) is 6.92 Å². The second-order valence-corrected chi connectivity index (χ2v) is 6.56. The first-order chi connectivity index (χ1) is 10.2. The van der Waals surface area contributed by atoms with E-state index in [0.29, 0.717) is 6.04 Å². The fourth-order valence-corrected chi connectivity index (χ4v) is 3.27. The molecule has 0 unspecified atom stereocenters. The van der Waals surface area contributed by atoms with E-state index in [4.69, 9.17) is 0 Å². The van der Waals surface area contributed by atoms with Crippen molar-refractivity contribution in [2.75, 3.05) is 12.4 Å². The molecule has 0 bridgehead atoms. The Morgan fingerprint density at radius 3 is 2.76 bits per heavy atom. The van der Waals surface area contributed by atoms with Gasteiger partial charge in [-0.3, -0.25) is 4.79 Å². The summed E-state index contributed by atoms with van der Waals surface area (Å²) in [6.45, 7) is 2.76. The minimum absolute atomic E-state index is 0.150.